The Morgan fingerprint density at radius 3 is 2.12 bits per heavy atom. The number of aromatic hydroxyl groups is 1. The summed E-state index contributed by atoms with van der Waals surface area (Å²) in [4.78, 5) is 55.0. The standard InChI is InChI=1S/C31H41N5O6/c1-5-18(4)27(31(41)42)36-29(39)25(14-19-10-12-21(37)13-11-19)34-30(40)26(17(2)3)35-28(38)23(32)15-20-16-33-24-9-7-6-8-22(20)24/h6-13,16-18,23,25-27,33,37H,5,14-15,32H2,1-4H3,(H,34,40)(H,35,38)(H,36,39)(H,41,42)/t18-,23-,25-,26-,27-/m0/s1. The molecule has 0 aliphatic heterocycles. The van der Waals surface area contributed by atoms with Crippen LogP contribution in [0, 0.1) is 11.8 Å². The molecule has 3 rings (SSSR count). The lowest BCUT2D eigenvalue weighted by molar-refractivity contribution is -0.143. The number of benzene rings is 2. The lowest BCUT2D eigenvalue weighted by atomic mass is 9.97. The van der Waals surface area contributed by atoms with Gasteiger partial charge in [0.2, 0.25) is 17.7 Å². The largest absolute Gasteiger partial charge is 0.508 e. The van der Waals surface area contributed by atoms with Crippen molar-refractivity contribution in [3.05, 3.63) is 65.9 Å². The molecule has 0 radical (unpaired) electrons. The van der Waals surface area contributed by atoms with Gasteiger partial charge >= 0.3 is 5.97 Å². The summed E-state index contributed by atoms with van der Waals surface area (Å²) in [6.45, 7) is 7.06. The highest BCUT2D eigenvalue weighted by molar-refractivity contribution is 5.94. The van der Waals surface area contributed by atoms with Gasteiger partial charge in [0.1, 0.15) is 23.9 Å². The second-order valence-corrected chi connectivity index (χ2v) is 11.0. The Labute approximate surface area is 245 Å². The van der Waals surface area contributed by atoms with Crippen LogP contribution in [0.3, 0.4) is 0 Å². The number of amides is 3. The fraction of sp³-hybridized carbons (Fsp3) is 0.419. The van der Waals surface area contributed by atoms with E-state index >= 15 is 0 Å². The molecular weight excluding hydrogens is 538 g/mol. The van der Waals surface area contributed by atoms with Crippen molar-refractivity contribution in [1.82, 2.24) is 20.9 Å². The maximum absolute atomic E-state index is 13.5. The zero-order chi connectivity index (χ0) is 31.0. The number of carbonyl (C=O) groups is 4. The van der Waals surface area contributed by atoms with E-state index in [0.29, 0.717) is 12.0 Å². The number of phenols is 1. The minimum absolute atomic E-state index is 0.0313. The number of nitrogens with one attached hydrogen (secondary N) is 4. The van der Waals surface area contributed by atoms with Crippen molar-refractivity contribution in [1.29, 1.82) is 0 Å². The number of carbonyl (C=O) groups excluding carboxylic acids is 3. The molecule has 8 N–H and O–H groups in total. The highest BCUT2D eigenvalue weighted by Gasteiger charge is 2.33. The van der Waals surface area contributed by atoms with Gasteiger partial charge in [-0.15, -0.1) is 0 Å². The summed E-state index contributed by atoms with van der Waals surface area (Å²) in [5.41, 5.74) is 8.67. The van der Waals surface area contributed by atoms with Gasteiger partial charge in [-0.3, -0.25) is 14.4 Å². The zero-order valence-electron chi connectivity index (χ0n) is 24.4. The Hall–Kier alpha value is -4.38. The molecule has 0 saturated carbocycles. The first kappa shape index (κ1) is 32.1. The summed E-state index contributed by atoms with van der Waals surface area (Å²) in [5.74, 6) is -3.63. The smallest absolute Gasteiger partial charge is 0.326 e. The summed E-state index contributed by atoms with van der Waals surface area (Å²) in [6, 6.07) is 9.56. The number of nitrogens with two attached hydrogens (primary N) is 1. The Morgan fingerprint density at radius 1 is 0.857 bits per heavy atom. The summed E-state index contributed by atoms with van der Waals surface area (Å²) in [5, 5.41) is 28.3. The third-order valence-corrected chi connectivity index (χ3v) is 7.48. The van der Waals surface area contributed by atoms with Gasteiger partial charge in [-0.25, -0.2) is 4.79 Å². The van der Waals surface area contributed by atoms with Gasteiger partial charge in [0.25, 0.3) is 0 Å². The minimum atomic E-state index is -1.18. The van der Waals surface area contributed by atoms with E-state index in [0.717, 1.165) is 16.5 Å². The number of para-hydroxylation sites is 1. The third-order valence-electron chi connectivity index (χ3n) is 7.48. The van der Waals surface area contributed by atoms with Crippen LogP contribution in [0.1, 0.15) is 45.2 Å². The van der Waals surface area contributed by atoms with Crippen LogP contribution >= 0.6 is 0 Å². The normalized spacial score (nSPS) is 14.9. The molecule has 1 aromatic heterocycles. The molecular formula is C31H41N5O6. The fourth-order valence-corrected chi connectivity index (χ4v) is 4.70. The number of hydrogen-bond donors (Lipinski definition) is 7. The molecule has 226 valence electrons. The summed E-state index contributed by atoms with van der Waals surface area (Å²) in [7, 11) is 0. The molecule has 0 aliphatic rings. The molecule has 3 amide bonds. The van der Waals surface area contributed by atoms with Crippen LogP contribution in [0.15, 0.2) is 54.7 Å². The van der Waals surface area contributed by atoms with Gasteiger partial charge < -0.3 is 36.9 Å². The van der Waals surface area contributed by atoms with Crippen molar-refractivity contribution < 1.29 is 29.4 Å². The average molecular weight is 580 g/mol. The van der Waals surface area contributed by atoms with Gasteiger partial charge in [-0.1, -0.05) is 64.4 Å². The van der Waals surface area contributed by atoms with Gasteiger partial charge in [-0.05, 0) is 47.6 Å². The molecule has 11 heteroatoms. The zero-order valence-corrected chi connectivity index (χ0v) is 24.4. The molecule has 2 aromatic carbocycles. The second-order valence-electron chi connectivity index (χ2n) is 11.0. The minimum Gasteiger partial charge on any atom is -0.508 e. The molecule has 0 spiro atoms. The van der Waals surface area contributed by atoms with Crippen molar-refractivity contribution in [2.45, 2.75) is 71.1 Å². The predicted molar refractivity (Wildman–Crippen MR) is 160 cm³/mol. The number of carboxylic acid groups (broad SMARTS) is 1. The number of H-pyrrole nitrogens is 1. The first-order valence-electron chi connectivity index (χ1n) is 14.1. The summed E-state index contributed by atoms with van der Waals surface area (Å²) < 4.78 is 0. The van der Waals surface area contributed by atoms with E-state index in [1.807, 2.05) is 31.2 Å². The molecule has 0 bridgehead atoms. The number of hydrogen-bond acceptors (Lipinski definition) is 6. The van der Waals surface area contributed by atoms with Crippen molar-refractivity contribution in [3.63, 3.8) is 0 Å². The SMILES string of the molecule is CC[C@H](C)[C@H](NC(=O)[C@H](Cc1ccc(O)cc1)NC(=O)[C@@H](NC(=O)[C@@H](N)Cc1c[nH]c2ccccc12)C(C)C)C(=O)O. The van der Waals surface area contributed by atoms with Gasteiger partial charge in [0.15, 0.2) is 0 Å². The molecule has 0 saturated heterocycles. The van der Waals surface area contributed by atoms with Crippen LogP contribution in [0.25, 0.3) is 10.9 Å². The molecule has 3 aromatic rings. The van der Waals surface area contributed by atoms with Crippen LogP contribution in [0.5, 0.6) is 5.75 Å². The maximum atomic E-state index is 13.5. The van der Waals surface area contributed by atoms with Crippen LogP contribution in [-0.2, 0) is 32.0 Å². The lowest BCUT2D eigenvalue weighted by Gasteiger charge is -2.28. The number of fused-ring (bicyclic) bond motifs is 1. The highest BCUT2D eigenvalue weighted by Crippen LogP contribution is 2.19. The Morgan fingerprint density at radius 2 is 1.50 bits per heavy atom. The Kier molecular flexibility index (Phi) is 11.1. The van der Waals surface area contributed by atoms with E-state index in [1.54, 1.807) is 39.1 Å². The van der Waals surface area contributed by atoms with E-state index in [-0.39, 0.29) is 30.4 Å². The first-order chi connectivity index (χ1) is 19.9. The molecule has 11 nitrogen and oxygen atoms in total. The van der Waals surface area contributed by atoms with Crippen molar-refractivity contribution in [2.75, 3.05) is 0 Å². The maximum Gasteiger partial charge on any atom is 0.326 e. The lowest BCUT2D eigenvalue weighted by Crippen LogP contribution is -2.59. The molecule has 42 heavy (non-hydrogen) atoms. The van der Waals surface area contributed by atoms with Crippen molar-refractivity contribution in [2.24, 2.45) is 17.6 Å². The van der Waals surface area contributed by atoms with Gasteiger partial charge in [0.05, 0.1) is 6.04 Å². The first-order valence-corrected chi connectivity index (χ1v) is 14.1. The Balaban J connectivity index is 1.76. The number of phenolic OH excluding ortho intramolecular Hbond substituents is 1. The van der Waals surface area contributed by atoms with E-state index < -0.39 is 47.9 Å². The van der Waals surface area contributed by atoms with Crippen LogP contribution in [0.2, 0.25) is 0 Å². The van der Waals surface area contributed by atoms with Gasteiger partial charge in [-0.2, -0.15) is 0 Å². The number of rotatable bonds is 14. The monoisotopic (exact) mass is 579 g/mol. The molecule has 0 unspecified atom stereocenters. The van der Waals surface area contributed by atoms with Crippen molar-refractivity contribution in [3.8, 4) is 5.75 Å². The van der Waals surface area contributed by atoms with Crippen LogP contribution in [0.4, 0.5) is 0 Å². The van der Waals surface area contributed by atoms with Crippen molar-refractivity contribution >= 4 is 34.6 Å². The number of aromatic nitrogens is 1. The fourth-order valence-electron chi connectivity index (χ4n) is 4.70. The predicted octanol–water partition coefficient (Wildman–Crippen LogP) is 2.23. The van der Waals surface area contributed by atoms with Crippen LogP contribution < -0.4 is 21.7 Å². The number of aromatic amines is 1. The molecule has 0 aliphatic carbocycles. The van der Waals surface area contributed by atoms with E-state index in [4.69, 9.17) is 5.73 Å². The van der Waals surface area contributed by atoms with Crippen LogP contribution in [-0.4, -0.2) is 63.1 Å². The second kappa shape index (κ2) is 14.5. The number of aliphatic carboxylic acids is 1. The van der Waals surface area contributed by atoms with Gasteiger partial charge in [0, 0.05) is 23.5 Å². The molecule has 0 fully saturated rings. The number of carboxylic acids is 1. The highest BCUT2D eigenvalue weighted by atomic mass is 16.4. The third kappa shape index (κ3) is 8.32. The summed E-state index contributed by atoms with van der Waals surface area (Å²) >= 11 is 0. The van der Waals surface area contributed by atoms with E-state index in [9.17, 15) is 29.4 Å². The Bertz CT molecular complexity index is 1390. The quantitative estimate of drug-likeness (QED) is 0.152. The van der Waals surface area contributed by atoms with E-state index in [1.165, 1.54) is 12.1 Å². The molecule has 1 heterocycles. The molecule has 5 atom stereocenters. The van der Waals surface area contributed by atoms with E-state index in [2.05, 4.69) is 20.9 Å². The topological polar surface area (TPSA) is 187 Å². The summed E-state index contributed by atoms with van der Waals surface area (Å²) in [6.07, 6.45) is 2.61. The average Bonchev–Trinajstić information content (AvgIpc) is 3.36.